The molecule has 2 heterocycles. The molecule has 0 bridgehead atoms. The summed E-state index contributed by atoms with van der Waals surface area (Å²) in [5.74, 6) is 0.0958. The standard InChI is InChI=1S/C21H22N2O4/c24-20-11-15(13-23(20)17-5-2-1-3-6-17)14-26-21(25)16-9-10-22-19(12-16)27-18-7-4-8-18/h1-3,5-6,9-10,12,15,18H,4,7-8,11,13-14H2/t15-/m1/s1. The van der Waals surface area contributed by atoms with E-state index in [1.54, 1.807) is 23.2 Å². The number of carbonyl (C=O) groups excluding carboxylic acids is 2. The number of hydrogen-bond donors (Lipinski definition) is 0. The first-order valence-corrected chi connectivity index (χ1v) is 9.34. The second kappa shape index (κ2) is 7.78. The Morgan fingerprint density at radius 3 is 2.74 bits per heavy atom. The summed E-state index contributed by atoms with van der Waals surface area (Å²) in [5.41, 5.74) is 1.30. The van der Waals surface area contributed by atoms with Crippen molar-refractivity contribution in [3.8, 4) is 5.88 Å². The number of amides is 1. The van der Waals surface area contributed by atoms with Gasteiger partial charge in [-0.1, -0.05) is 18.2 Å². The lowest BCUT2D eigenvalue weighted by Crippen LogP contribution is -2.25. The van der Waals surface area contributed by atoms with Crippen LogP contribution in [0, 0.1) is 5.92 Å². The molecule has 1 aliphatic heterocycles. The van der Waals surface area contributed by atoms with Crippen molar-refractivity contribution in [1.29, 1.82) is 0 Å². The zero-order valence-corrected chi connectivity index (χ0v) is 15.0. The SMILES string of the molecule is O=C(OC[C@@H]1CC(=O)N(c2ccccc2)C1)c1ccnc(OC2CCC2)c1. The average molecular weight is 366 g/mol. The summed E-state index contributed by atoms with van der Waals surface area (Å²) >= 11 is 0. The Morgan fingerprint density at radius 1 is 1.19 bits per heavy atom. The van der Waals surface area contributed by atoms with Crippen molar-refractivity contribution >= 4 is 17.6 Å². The van der Waals surface area contributed by atoms with Crippen LogP contribution in [0.3, 0.4) is 0 Å². The number of hydrogen-bond acceptors (Lipinski definition) is 5. The van der Waals surface area contributed by atoms with Gasteiger partial charge in [0, 0.05) is 36.8 Å². The highest BCUT2D eigenvalue weighted by Gasteiger charge is 2.31. The van der Waals surface area contributed by atoms with Gasteiger partial charge in [0.1, 0.15) is 6.10 Å². The summed E-state index contributed by atoms with van der Waals surface area (Å²) < 4.78 is 11.2. The van der Waals surface area contributed by atoms with Crippen molar-refractivity contribution < 1.29 is 19.1 Å². The average Bonchev–Trinajstić information content (AvgIpc) is 3.04. The molecule has 1 saturated carbocycles. The summed E-state index contributed by atoms with van der Waals surface area (Å²) in [6.07, 6.45) is 5.38. The normalized spacial score (nSPS) is 19.6. The van der Waals surface area contributed by atoms with Gasteiger partial charge in [-0.3, -0.25) is 4.79 Å². The molecular weight excluding hydrogens is 344 g/mol. The van der Waals surface area contributed by atoms with Crippen molar-refractivity contribution in [1.82, 2.24) is 4.98 Å². The van der Waals surface area contributed by atoms with Crippen LogP contribution in [0.2, 0.25) is 0 Å². The number of benzene rings is 1. The number of carbonyl (C=O) groups is 2. The largest absolute Gasteiger partial charge is 0.474 e. The fourth-order valence-corrected chi connectivity index (χ4v) is 3.29. The number of ether oxygens (including phenoxy) is 2. The van der Waals surface area contributed by atoms with Crippen LogP contribution in [0.5, 0.6) is 5.88 Å². The second-order valence-electron chi connectivity index (χ2n) is 7.06. The van der Waals surface area contributed by atoms with Crippen LogP contribution in [0.25, 0.3) is 0 Å². The van der Waals surface area contributed by atoms with E-state index in [1.165, 1.54) is 6.42 Å². The molecule has 0 radical (unpaired) electrons. The number of rotatable bonds is 6. The summed E-state index contributed by atoms with van der Waals surface area (Å²) in [6, 6.07) is 12.8. The van der Waals surface area contributed by atoms with Gasteiger partial charge in [0.15, 0.2) is 0 Å². The predicted molar refractivity (Wildman–Crippen MR) is 99.7 cm³/mol. The van der Waals surface area contributed by atoms with E-state index in [0.29, 0.717) is 24.4 Å². The van der Waals surface area contributed by atoms with Crippen molar-refractivity contribution in [2.75, 3.05) is 18.1 Å². The first-order valence-electron chi connectivity index (χ1n) is 9.34. The molecule has 1 saturated heterocycles. The highest BCUT2D eigenvalue weighted by Crippen LogP contribution is 2.26. The minimum atomic E-state index is -0.415. The molecule has 2 aliphatic rings. The topological polar surface area (TPSA) is 68.7 Å². The Labute approximate surface area is 158 Å². The number of para-hydroxylation sites is 1. The summed E-state index contributed by atoms with van der Waals surface area (Å²) in [7, 11) is 0. The van der Waals surface area contributed by atoms with E-state index in [4.69, 9.17) is 9.47 Å². The highest BCUT2D eigenvalue weighted by molar-refractivity contribution is 5.95. The van der Waals surface area contributed by atoms with Crippen LogP contribution in [0.1, 0.15) is 36.0 Å². The third-order valence-corrected chi connectivity index (χ3v) is 5.03. The van der Waals surface area contributed by atoms with E-state index in [1.807, 2.05) is 30.3 Å². The molecule has 4 rings (SSSR count). The summed E-state index contributed by atoms with van der Waals surface area (Å²) in [6.45, 7) is 0.775. The fourth-order valence-electron chi connectivity index (χ4n) is 3.29. The Hall–Kier alpha value is -2.89. The smallest absolute Gasteiger partial charge is 0.338 e. The van der Waals surface area contributed by atoms with Crippen molar-refractivity contribution in [3.63, 3.8) is 0 Å². The number of nitrogens with zero attached hydrogens (tertiary/aromatic N) is 2. The van der Waals surface area contributed by atoms with Gasteiger partial charge in [-0.15, -0.1) is 0 Å². The van der Waals surface area contributed by atoms with Crippen LogP contribution in [-0.4, -0.2) is 36.1 Å². The van der Waals surface area contributed by atoms with Gasteiger partial charge in [-0.25, -0.2) is 9.78 Å². The van der Waals surface area contributed by atoms with Crippen LogP contribution in [-0.2, 0) is 9.53 Å². The van der Waals surface area contributed by atoms with E-state index in [-0.39, 0.29) is 24.5 Å². The molecule has 1 aromatic carbocycles. The molecule has 6 heteroatoms. The van der Waals surface area contributed by atoms with Crippen LogP contribution in [0.4, 0.5) is 5.69 Å². The number of pyridine rings is 1. The van der Waals surface area contributed by atoms with Gasteiger partial charge < -0.3 is 14.4 Å². The van der Waals surface area contributed by atoms with E-state index in [2.05, 4.69) is 4.98 Å². The first-order chi connectivity index (χ1) is 13.2. The molecule has 0 unspecified atom stereocenters. The Kier molecular flexibility index (Phi) is 5.05. The predicted octanol–water partition coefficient (Wildman–Crippen LogP) is 3.22. The molecule has 2 fully saturated rings. The van der Waals surface area contributed by atoms with Gasteiger partial charge in [0.05, 0.1) is 12.2 Å². The monoisotopic (exact) mass is 366 g/mol. The molecular formula is C21H22N2O4. The van der Waals surface area contributed by atoms with E-state index >= 15 is 0 Å². The molecule has 0 spiro atoms. The Bertz CT molecular complexity index is 820. The lowest BCUT2D eigenvalue weighted by molar-refractivity contribution is -0.117. The Morgan fingerprint density at radius 2 is 2.00 bits per heavy atom. The molecule has 6 nitrogen and oxygen atoms in total. The minimum Gasteiger partial charge on any atom is -0.474 e. The molecule has 0 N–H and O–H groups in total. The van der Waals surface area contributed by atoms with Crippen LogP contribution in [0.15, 0.2) is 48.7 Å². The second-order valence-corrected chi connectivity index (χ2v) is 7.06. The molecule has 1 aliphatic carbocycles. The summed E-state index contributed by atoms with van der Waals surface area (Å²) in [4.78, 5) is 30.5. The molecule has 1 amide bonds. The highest BCUT2D eigenvalue weighted by atomic mass is 16.5. The van der Waals surface area contributed by atoms with Gasteiger partial charge in [0.2, 0.25) is 11.8 Å². The zero-order chi connectivity index (χ0) is 18.6. The van der Waals surface area contributed by atoms with Gasteiger partial charge in [-0.05, 0) is 37.5 Å². The van der Waals surface area contributed by atoms with Crippen molar-refractivity contribution in [2.45, 2.75) is 31.8 Å². The number of anilines is 1. The van der Waals surface area contributed by atoms with Gasteiger partial charge in [-0.2, -0.15) is 0 Å². The molecule has 1 aromatic heterocycles. The van der Waals surface area contributed by atoms with Gasteiger partial charge >= 0.3 is 5.97 Å². The van der Waals surface area contributed by atoms with Crippen molar-refractivity contribution in [3.05, 3.63) is 54.2 Å². The molecule has 140 valence electrons. The van der Waals surface area contributed by atoms with Crippen LogP contribution >= 0.6 is 0 Å². The van der Waals surface area contributed by atoms with E-state index in [9.17, 15) is 9.59 Å². The maximum Gasteiger partial charge on any atom is 0.338 e. The van der Waals surface area contributed by atoms with E-state index < -0.39 is 5.97 Å². The molecule has 1 atom stereocenters. The quantitative estimate of drug-likeness (QED) is 0.734. The van der Waals surface area contributed by atoms with Crippen LogP contribution < -0.4 is 9.64 Å². The lowest BCUT2D eigenvalue weighted by atomic mass is 9.96. The maximum absolute atomic E-state index is 12.4. The first kappa shape index (κ1) is 17.5. The number of esters is 1. The zero-order valence-electron chi connectivity index (χ0n) is 15.0. The Balaban J connectivity index is 1.32. The molecule has 2 aromatic rings. The third-order valence-electron chi connectivity index (χ3n) is 5.03. The summed E-state index contributed by atoms with van der Waals surface area (Å²) in [5, 5.41) is 0. The fraction of sp³-hybridized carbons (Fsp3) is 0.381. The maximum atomic E-state index is 12.4. The lowest BCUT2D eigenvalue weighted by Gasteiger charge is -2.25. The van der Waals surface area contributed by atoms with E-state index in [0.717, 1.165) is 18.5 Å². The number of aromatic nitrogens is 1. The van der Waals surface area contributed by atoms with Crippen molar-refractivity contribution in [2.24, 2.45) is 5.92 Å². The molecule has 27 heavy (non-hydrogen) atoms. The third kappa shape index (κ3) is 4.10. The minimum absolute atomic E-state index is 0.00538. The van der Waals surface area contributed by atoms with Gasteiger partial charge in [0.25, 0.3) is 0 Å².